The Morgan fingerprint density at radius 1 is 1.56 bits per heavy atom. The zero-order chi connectivity index (χ0) is 13.3. The summed E-state index contributed by atoms with van der Waals surface area (Å²) in [5.74, 6) is -0.681. The Kier molecular flexibility index (Phi) is 3.38. The second kappa shape index (κ2) is 4.81. The molecule has 0 unspecified atom stereocenters. The highest BCUT2D eigenvalue weighted by atomic mass is 79.9. The van der Waals surface area contributed by atoms with Crippen molar-refractivity contribution in [2.24, 2.45) is 0 Å². The minimum atomic E-state index is -1.06. The first-order valence-corrected chi connectivity index (χ1v) is 6.09. The Morgan fingerprint density at radius 2 is 2.28 bits per heavy atom. The van der Waals surface area contributed by atoms with Crippen molar-refractivity contribution in [2.75, 3.05) is 5.73 Å². The van der Waals surface area contributed by atoms with E-state index in [1.807, 2.05) is 24.3 Å². The van der Waals surface area contributed by atoms with Gasteiger partial charge >= 0.3 is 5.97 Å². The van der Waals surface area contributed by atoms with Gasteiger partial charge in [-0.15, -0.1) is 0 Å². The maximum absolute atomic E-state index is 11.0. The van der Waals surface area contributed by atoms with Crippen molar-refractivity contribution in [1.29, 1.82) is 0 Å². The summed E-state index contributed by atoms with van der Waals surface area (Å²) in [5, 5.41) is 13.0. The Hall–Kier alpha value is -1.82. The van der Waals surface area contributed by atoms with E-state index < -0.39 is 5.97 Å². The molecule has 3 N–H and O–H groups in total. The smallest absolute Gasteiger partial charge is 0.356 e. The molecule has 2 aromatic rings. The number of hydrogen-bond donors (Lipinski definition) is 2. The molecule has 0 saturated heterocycles. The van der Waals surface area contributed by atoms with Crippen LogP contribution in [-0.4, -0.2) is 20.9 Å². The molecule has 94 valence electrons. The van der Waals surface area contributed by atoms with E-state index in [2.05, 4.69) is 21.0 Å². The molecule has 0 radical (unpaired) electrons. The standard InChI is InChI=1S/C12H12BrN3O2/c1-7-10(12(17)18)15-16(11(7)14)6-8-3-2-4-9(13)5-8/h2-5H,6,14H2,1H3,(H,17,18). The van der Waals surface area contributed by atoms with Gasteiger partial charge in [0, 0.05) is 10.0 Å². The van der Waals surface area contributed by atoms with E-state index in [4.69, 9.17) is 10.8 Å². The Balaban J connectivity index is 2.35. The fourth-order valence-electron chi connectivity index (χ4n) is 1.70. The molecule has 2 rings (SSSR count). The van der Waals surface area contributed by atoms with Crippen molar-refractivity contribution in [1.82, 2.24) is 9.78 Å². The van der Waals surface area contributed by atoms with Crippen molar-refractivity contribution in [3.8, 4) is 0 Å². The van der Waals surface area contributed by atoms with Gasteiger partial charge in [0.2, 0.25) is 0 Å². The SMILES string of the molecule is Cc1c(C(=O)O)nn(Cc2cccc(Br)c2)c1N. The number of aromatic nitrogens is 2. The number of halogens is 1. The molecule has 0 saturated carbocycles. The van der Waals surface area contributed by atoms with Gasteiger partial charge in [-0.1, -0.05) is 28.1 Å². The van der Waals surface area contributed by atoms with Gasteiger partial charge in [0.15, 0.2) is 5.69 Å². The molecule has 0 aliphatic rings. The third-order valence-electron chi connectivity index (χ3n) is 2.66. The minimum absolute atomic E-state index is 0.00231. The summed E-state index contributed by atoms with van der Waals surface area (Å²) < 4.78 is 2.46. The number of nitrogen functional groups attached to an aromatic ring is 1. The van der Waals surface area contributed by atoms with Crippen LogP contribution >= 0.6 is 15.9 Å². The molecule has 0 amide bonds. The largest absolute Gasteiger partial charge is 0.476 e. The molecule has 1 heterocycles. The van der Waals surface area contributed by atoms with Crippen LogP contribution in [0.1, 0.15) is 21.6 Å². The molecule has 0 aliphatic heterocycles. The Labute approximate surface area is 112 Å². The quantitative estimate of drug-likeness (QED) is 0.911. The van der Waals surface area contributed by atoms with Crippen molar-refractivity contribution < 1.29 is 9.90 Å². The number of carboxylic acids is 1. The predicted molar refractivity (Wildman–Crippen MR) is 71.6 cm³/mol. The average molecular weight is 310 g/mol. The zero-order valence-corrected chi connectivity index (χ0v) is 11.3. The lowest BCUT2D eigenvalue weighted by atomic mass is 10.2. The molecule has 6 heteroatoms. The molecular weight excluding hydrogens is 298 g/mol. The maximum atomic E-state index is 11.0. The number of nitrogens with two attached hydrogens (primary N) is 1. The molecule has 1 aromatic carbocycles. The highest BCUT2D eigenvalue weighted by Crippen LogP contribution is 2.18. The summed E-state index contributed by atoms with van der Waals surface area (Å²) in [6, 6.07) is 7.70. The first-order valence-electron chi connectivity index (χ1n) is 5.29. The molecule has 1 aromatic heterocycles. The van der Waals surface area contributed by atoms with Gasteiger partial charge in [0.25, 0.3) is 0 Å². The van der Waals surface area contributed by atoms with Gasteiger partial charge in [0.05, 0.1) is 6.54 Å². The summed E-state index contributed by atoms with van der Waals surface area (Å²) in [5.41, 5.74) is 7.35. The lowest BCUT2D eigenvalue weighted by Crippen LogP contribution is -2.07. The number of hydrogen-bond acceptors (Lipinski definition) is 3. The molecule has 0 atom stereocenters. The Bertz CT molecular complexity index is 607. The van der Waals surface area contributed by atoms with Crippen molar-refractivity contribution >= 4 is 27.7 Å². The number of anilines is 1. The second-order valence-electron chi connectivity index (χ2n) is 3.95. The first kappa shape index (κ1) is 12.6. The monoisotopic (exact) mass is 309 g/mol. The third kappa shape index (κ3) is 2.38. The minimum Gasteiger partial charge on any atom is -0.476 e. The first-order chi connectivity index (χ1) is 8.49. The van der Waals surface area contributed by atoms with E-state index in [9.17, 15) is 4.79 Å². The number of carboxylic acid groups (broad SMARTS) is 1. The summed E-state index contributed by atoms with van der Waals surface area (Å²) in [6.45, 7) is 2.10. The second-order valence-corrected chi connectivity index (χ2v) is 4.87. The molecule has 18 heavy (non-hydrogen) atoms. The van der Waals surface area contributed by atoms with Crippen LogP contribution in [0, 0.1) is 6.92 Å². The number of aromatic carboxylic acids is 1. The number of carbonyl (C=O) groups is 1. The zero-order valence-electron chi connectivity index (χ0n) is 9.72. The fourth-order valence-corrected chi connectivity index (χ4v) is 2.14. The molecule has 0 spiro atoms. The number of rotatable bonds is 3. The van der Waals surface area contributed by atoms with E-state index in [0.29, 0.717) is 17.9 Å². The van der Waals surface area contributed by atoms with Crippen LogP contribution in [0.3, 0.4) is 0 Å². The van der Waals surface area contributed by atoms with Crippen molar-refractivity contribution in [3.63, 3.8) is 0 Å². The van der Waals surface area contributed by atoms with E-state index in [1.54, 1.807) is 6.92 Å². The maximum Gasteiger partial charge on any atom is 0.356 e. The van der Waals surface area contributed by atoms with Crippen molar-refractivity contribution in [2.45, 2.75) is 13.5 Å². The van der Waals surface area contributed by atoms with Crippen molar-refractivity contribution in [3.05, 3.63) is 45.6 Å². The van der Waals surface area contributed by atoms with Crippen LogP contribution in [0.2, 0.25) is 0 Å². The lowest BCUT2D eigenvalue weighted by molar-refractivity contribution is 0.0688. The average Bonchev–Trinajstić information content (AvgIpc) is 2.58. The third-order valence-corrected chi connectivity index (χ3v) is 3.16. The molecule has 0 aliphatic carbocycles. The van der Waals surface area contributed by atoms with Gasteiger partial charge < -0.3 is 10.8 Å². The summed E-state index contributed by atoms with van der Waals surface area (Å²) >= 11 is 3.38. The summed E-state index contributed by atoms with van der Waals surface area (Å²) in [4.78, 5) is 11.0. The molecule has 0 bridgehead atoms. The highest BCUT2D eigenvalue weighted by molar-refractivity contribution is 9.10. The predicted octanol–water partition coefficient (Wildman–Crippen LogP) is 2.28. The molecular formula is C12H12BrN3O2. The van der Waals surface area contributed by atoms with Gasteiger partial charge in [-0.25, -0.2) is 9.48 Å². The van der Waals surface area contributed by atoms with E-state index in [-0.39, 0.29) is 5.69 Å². The van der Waals surface area contributed by atoms with Gasteiger partial charge in [-0.05, 0) is 24.6 Å². The summed E-state index contributed by atoms with van der Waals surface area (Å²) in [7, 11) is 0. The molecule has 0 fully saturated rings. The van der Waals surface area contributed by atoms with Crippen LogP contribution in [0.15, 0.2) is 28.7 Å². The number of nitrogens with zero attached hydrogens (tertiary/aromatic N) is 2. The van der Waals surface area contributed by atoms with Crippen LogP contribution in [0.5, 0.6) is 0 Å². The normalized spacial score (nSPS) is 10.6. The topological polar surface area (TPSA) is 81.1 Å². The van der Waals surface area contributed by atoms with Crippen LogP contribution < -0.4 is 5.73 Å². The van der Waals surface area contributed by atoms with Gasteiger partial charge in [0.1, 0.15) is 5.82 Å². The number of benzene rings is 1. The van der Waals surface area contributed by atoms with E-state index in [0.717, 1.165) is 10.0 Å². The van der Waals surface area contributed by atoms with E-state index >= 15 is 0 Å². The van der Waals surface area contributed by atoms with Crippen LogP contribution in [-0.2, 0) is 6.54 Å². The van der Waals surface area contributed by atoms with E-state index in [1.165, 1.54) is 4.68 Å². The highest BCUT2D eigenvalue weighted by Gasteiger charge is 2.17. The lowest BCUT2D eigenvalue weighted by Gasteiger charge is -2.04. The van der Waals surface area contributed by atoms with Crippen LogP contribution in [0.4, 0.5) is 5.82 Å². The molecule has 5 nitrogen and oxygen atoms in total. The van der Waals surface area contributed by atoms with Gasteiger partial charge in [-0.2, -0.15) is 5.10 Å². The summed E-state index contributed by atoms with van der Waals surface area (Å²) in [6.07, 6.45) is 0. The van der Waals surface area contributed by atoms with Gasteiger partial charge in [-0.3, -0.25) is 0 Å². The Morgan fingerprint density at radius 3 is 2.83 bits per heavy atom. The fraction of sp³-hybridized carbons (Fsp3) is 0.167. The van der Waals surface area contributed by atoms with Crippen LogP contribution in [0.25, 0.3) is 0 Å².